The fourth-order valence-corrected chi connectivity index (χ4v) is 4.43. The smallest absolute Gasteiger partial charge is 0.356 e. The van der Waals surface area contributed by atoms with Gasteiger partial charge < -0.3 is 15.2 Å². The maximum atomic E-state index is 13.3. The number of aromatic nitrogens is 3. The van der Waals surface area contributed by atoms with Crippen molar-refractivity contribution in [2.45, 2.75) is 50.9 Å². The summed E-state index contributed by atoms with van der Waals surface area (Å²) in [6, 6.07) is 1.58. The molecular formula is C24H27F6N5. The van der Waals surface area contributed by atoms with Crippen molar-refractivity contribution in [2.24, 2.45) is 0 Å². The Labute approximate surface area is 198 Å². The van der Waals surface area contributed by atoms with Crippen molar-refractivity contribution in [2.75, 3.05) is 31.1 Å². The zero-order valence-corrected chi connectivity index (χ0v) is 19.1. The molecule has 0 bridgehead atoms. The average molecular weight is 500 g/mol. The summed E-state index contributed by atoms with van der Waals surface area (Å²) in [5.74, 6) is 0.511. The van der Waals surface area contributed by atoms with E-state index in [0.717, 1.165) is 31.4 Å². The van der Waals surface area contributed by atoms with Gasteiger partial charge in [0.15, 0.2) is 0 Å². The molecule has 2 aliphatic heterocycles. The fraction of sp³-hybridized carbons (Fsp3) is 0.500. The molecule has 1 aromatic carbocycles. The fourth-order valence-electron chi connectivity index (χ4n) is 4.43. The molecule has 2 aromatic heterocycles. The van der Waals surface area contributed by atoms with Gasteiger partial charge in [-0.25, -0.2) is 9.97 Å². The van der Waals surface area contributed by atoms with E-state index in [1.165, 1.54) is 44.9 Å². The molecule has 2 aliphatic rings. The van der Waals surface area contributed by atoms with Crippen LogP contribution in [-0.4, -0.2) is 41.1 Å². The third-order valence-electron chi connectivity index (χ3n) is 6.21. The van der Waals surface area contributed by atoms with Crippen molar-refractivity contribution in [3.8, 4) is 11.1 Å². The number of H-pyrrole nitrogens is 1. The van der Waals surface area contributed by atoms with Crippen LogP contribution in [0.4, 0.5) is 32.2 Å². The van der Waals surface area contributed by atoms with E-state index in [2.05, 4.69) is 20.3 Å². The van der Waals surface area contributed by atoms with Crippen LogP contribution < -0.4 is 10.2 Å². The summed E-state index contributed by atoms with van der Waals surface area (Å²) in [7, 11) is 0. The van der Waals surface area contributed by atoms with Crippen LogP contribution in [0.25, 0.3) is 22.2 Å². The van der Waals surface area contributed by atoms with Gasteiger partial charge in [0, 0.05) is 24.8 Å². The molecule has 0 unspecified atom stereocenters. The zero-order valence-electron chi connectivity index (χ0n) is 19.1. The topological polar surface area (TPSA) is 56.8 Å². The van der Waals surface area contributed by atoms with Crippen molar-refractivity contribution < 1.29 is 26.3 Å². The van der Waals surface area contributed by atoms with E-state index in [9.17, 15) is 26.3 Å². The first-order valence-corrected chi connectivity index (χ1v) is 11.7. The SMILES string of the molecule is C1CCNCC1.FC(F)(F)c1cc(-c2c[nH]c3ncnc(N4CCCCC4)c23)cc(C(F)(F)F)c1. The third-order valence-corrected chi connectivity index (χ3v) is 6.21. The number of halogens is 6. The van der Waals surface area contributed by atoms with Gasteiger partial charge in [0.25, 0.3) is 0 Å². The van der Waals surface area contributed by atoms with Gasteiger partial charge >= 0.3 is 12.4 Å². The lowest BCUT2D eigenvalue weighted by molar-refractivity contribution is -0.143. The van der Waals surface area contributed by atoms with Gasteiger partial charge in [0.2, 0.25) is 0 Å². The molecule has 0 radical (unpaired) electrons. The van der Waals surface area contributed by atoms with Gasteiger partial charge in [-0.2, -0.15) is 26.3 Å². The summed E-state index contributed by atoms with van der Waals surface area (Å²) in [4.78, 5) is 13.2. The summed E-state index contributed by atoms with van der Waals surface area (Å²) in [6.07, 6.45) is 0.0469. The molecule has 0 saturated carbocycles. The van der Waals surface area contributed by atoms with Crippen molar-refractivity contribution in [1.29, 1.82) is 0 Å². The molecule has 5 rings (SSSR count). The first kappa shape index (κ1) is 25.3. The Morgan fingerprint density at radius 1 is 0.743 bits per heavy atom. The second-order valence-corrected chi connectivity index (χ2v) is 8.78. The first-order valence-electron chi connectivity index (χ1n) is 11.7. The van der Waals surface area contributed by atoms with Crippen LogP contribution in [-0.2, 0) is 12.4 Å². The lowest BCUT2D eigenvalue weighted by Gasteiger charge is -2.28. The highest BCUT2D eigenvalue weighted by molar-refractivity contribution is 6.01. The summed E-state index contributed by atoms with van der Waals surface area (Å²) in [5, 5.41) is 3.70. The Hall–Kier alpha value is -2.82. The van der Waals surface area contributed by atoms with Crippen LogP contribution in [0.3, 0.4) is 0 Å². The molecule has 2 N–H and O–H groups in total. The Morgan fingerprint density at radius 2 is 1.34 bits per heavy atom. The maximum Gasteiger partial charge on any atom is 0.416 e. The largest absolute Gasteiger partial charge is 0.416 e. The van der Waals surface area contributed by atoms with Crippen molar-refractivity contribution in [3.63, 3.8) is 0 Å². The number of piperidine rings is 2. The number of anilines is 1. The lowest BCUT2D eigenvalue weighted by atomic mass is 9.99. The highest BCUT2D eigenvalue weighted by atomic mass is 19.4. The molecule has 0 aliphatic carbocycles. The number of alkyl halides is 6. The van der Waals surface area contributed by atoms with E-state index in [1.54, 1.807) is 0 Å². The van der Waals surface area contributed by atoms with Gasteiger partial charge in [0.05, 0.1) is 16.5 Å². The molecule has 2 saturated heterocycles. The van der Waals surface area contributed by atoms with E-state index >= 15 is 0 Å². The number of nitrogens with one attached hydrogen (secondary N) is 2. The van der Waals surface area contributed by atoms with E-state index in [4.69, 9.17) is 0 Å². The van der Waals surface area contributed by atoms with E-state index in [0.29, 0.717) is 29.9 Å². The van der Waals surface area contributed by atoms with Crippen LogP contribution in [0.15, 0.2) is 30.7 Å². The highest BCUT2D eigenvalue weighted by Gasteiger charge is 2.37. The van der Waals surface area contributed by atoms with Crippen molar-refractivity contribution >= 4 is 16.9 Å². The monoisotopic (exact) mass is 499 g/mol. The van der Waals surface area contributed by atoms with Crippen LogP contribution in [0.2, 0.25) is 0 Å². The lowest BCUT2D eigenvalue weighted by Crippen LogP contribution is -2.30. The van der Waals surface area contributed by atoms with E-state index in [1.807, 2.05) is 4.90 Å². The van der Waals surface area contributed by atoms with Crippen LogP contribution in [0.5, 0.6) is 0 Å². The Balaban J connectivity index is 0.000000421. The quantitative estimate of drug-likeness (QED) is 0.400. The normalized spacial score (nSPS) is 17.3. The number of hydrogen-bond acceptors (Lipinski definition) is 4. The van der Waals surface area contributed by atoms with Gasteiger partial charge in [0.1, 0.15) is 17.8 Å². The van der Waals surface area contributed by atoms with E-state index < -0.39 is 23.5 Å². The zero-order chi connectivity index (χ0) is 25.1. The minimum Gasteiger partial charge on any atom is -0.356 e. The van der Waals surface area contributed by atoms with E-state index in [-0.39, 0.29) is 17.2 Å². The second-order valence-electron chi connectivity index (χ2n) is 8.78. The van der Waals surface area contributed by atoms with Gasteiger partial charge in [-0.05, 0) is 69.0 Å². The molecule has 4 heterocycles. The molecular weight excluding hydrogens is 472 g/mol. The molecule has 190 valence electrons. The predicted molar refractivity (Wildman–Crippen MR) is 122 cm³/mol. The molecule has 3 aromatic rings. The summed E-state index contributed by atoms with van der Waals surface area (Å²) < 4.78 is 79.5. The number of hydrogen-bond donors (Lipinski definition) is 2. The standard InChI is InChI=1S/C19H16F6N4.C5H11N/c20-18(21,22)12-6-11(7-13(8-12)19(23,24)25)14-9-26-16-15(14)17(28-10-27-16)29-4-2-1-3-5-29;1-2-4-6-5-3-1/h6-10H,1-5H2,(H,26,27,28);6H,1-5H2. The number of benzene rings is 1. The van der Waals surface area contributed by atoms with Crippen LogP contribution in [0.1, 0.15) is 49.7 Å². The number of nitrogens with zero attached hydrogens (tertiary/aromatic N) is 3. The Morgan fingerprint density at radius 3 is 1.86 bits per heavy atom. The molecule has 35 heavy (non-hydrogen) atoms. The van der Waals surface area contributed by atoms with Crippen molar-refractivity contribution in [3.05, 3.63) is 41.9 Å². The Kier molecular flexibility index (Phi) is 7.53. The number of rotatable bonds is 2. The average Bonchev–Trinajstić information content (AvgIpc) is 3.29. The molecule has 0 atom stereocenters. The molecule has 2 fully saturated rings. The minimum atomic E-state index is -4.91. The van der Waals surface area contributed by atoms with Gasteiger partial charge in [-0.1, -0.05) is 6.42 Å². The Bertz CT molecular complexity index is 1080. The van der Waals surface area contributed by atoms with Gasteiger partial charge in [-0.15, -0.1) is 0 Å². The summed E-state index contributed by atoms with van der Waals surface area (Å²) in [5.41, 5.74) is -2.33. The molecule has 5 nitrogen and oxygen atoms in total. The predicted octanol–water partition coefficient (Wildman–Crippen LogP) is 6.41. The minimum absolute atomic E-state index is 0.125. The molecule has 11 heteroatoms. The highest BCUT2D eigenvalue weighted by Crippen LogP contribution is 2.41. The van der Waals surface area contributed by atoms with Crippen LogP contribution >= 0.6 is 0 Å². The third kappa shape index (κ3) is 6.06. The first-order chi connectivity index (χ1) is 16.6. The molecule has 0 amide bonds. The molecule has 0 spiro atoms. The number of aromatic amines is 1. The number of fused-ring (bicyclic) bond motifs is 1. The van der Waals surface area contributed by atoms with Crippen LogP contribution in [0, 0.1) is 0 Å². The summed E-state index contributed by atoms with van der Waals surface area (Å²) in [6.45, 7) is 3.93. The maximum absolute atomic E-state index is 13.3. The summed E-state index contributed by atoms with van der Waals surface area (Å²) >= 11 is 0. The van der Waals surface area contributed by atoms with Crippen molar-refractivity contribution in [1.82, 2.24) is 20.3 Å². The van der Waals surface area contributed by atoms with Gasteiger partial charge in [-0.3, -0.25) is 0 Å². The second kappa shape index (κ2) is 10.4.